The standard InChI is InChI=1S/C41H79N3O2/c1-4-6-8-10-12-14-16-18-20-22-24-26-28-30-32-40(45)38-42-34-36-44(3)37-35-43-39-41(46)33-31-29-27-25-23-21-19-17-15-13-11-9-7-5-2/h10-13,16-19,40-43,45-46H,4-9,14-15,20-39H2,1-3H3/b12-10-,13-11-,18-16-,19-17-. The highest BCUT2D eigenvalue weighted by atomic mass is 16.3. The summed E-state index contributed by atoms with van der Waals surface area (Å²) in [5.41, 5.74) is 0. The third-order valence-corrected chi connectivity index (χ3v) is 8.58. The van der Waals surface area contributed by atoms with Gasteiger partial charge in [0, 0.05) is 39.3 Å². The van der Waals surface area contributed by atoms with E-state index in [1.165, 1.54) is 103 Å². The minimum Gasteiger partial charge on any atom is -0.392 e. The summed E-state index contributed by atoms with van der Waals surface area (Å²) in [4.78, 5) is 2.30. The number of allylic oxidation sites excluding steroid dienone is 8. The van der Waals surface area contributed by atoms with Gasteiger partial charge in [-0.2, -0.15) is 0 Å². The second-order valence-corrected chi connectivity index (χ2v) is 13.4. The monoisotopic (exact) mass is 646 g/mol. The molecule has 0 heterocycles. The van der Waals surface area contributed by atoms with Crippen LogP contribution in [0.2, 0.25) is 0 Å². The predicted molar refractivity (Wildman–Crippen MR) is 205 cm³/mol. The van der Waals surface area contributed by atoms with E-state index < -0.39 is 0 Å². The van der Waals surface area contributed by atoms with E-state index in [0.29, 0.717) is 13.1 Å². The third-order valence-electron chi connectivity index (χ3n) is 8.58. The van der Waals surface area contributed by atoms with Gasteiger partial charge in [-0.1, -0.05) is 140 Å². The summed E-state index contributed by atoms with van der Waals surface area (Å²) < 4.78 is 0. The van der Waals surface area contributed by atoms with Gasteiger partial charge in [-0.15, -0.1) is 0 Å². The second-order valence-electron chi connectivity index (χ2n) is 13.4. The van der Waals surface area contributed by atoms with Crippen molar-refractivity contribution in [3.05, 3.63) is 48.6 Å². The van der Waals surface area contributed by atoms with E-state index in [1.54, 1.807) is 0 Å². The van der Waals surface area contributed by atoms with Crippen LogP contribution in [0.4, 0.5) is 0 Å². The molecule has 0 spiro atoms. The van der Waals surface area contributed by atoms with Crippen LogP contribution in [0.3, 0.4) is 0 Å². The Bertz CT molecular complexity index is 648. The van der Waals surface area contributed by atoms with Crippen LogP contribution < -0.4 is 10.6 Å². The van der Waals surface area contributed by atoms with E-state index in [-0.39, 0.29) is 12.2 Å². The number of hydrogen-bond donors (Lipinski definition) is 4. The Hall–Kier alpha value is -1.24. The average molecular weight is 646 g/mol. The number of likely N-dealkylation sites (N-methyl/N-ethyl adjacent to an activating group) is 1. The van der Waals surface area contributed by atoms with Gasteiger partial charge >= 0.3 is 0 Å². The summed E-state index contributed by atoms with van der Waals surface area (Å²) in [6, 6.07) is 0. The zero-order chi connectivity index (χ0) is 33.6. The average Bonchev–Trinajstić information content (AvgIpc) is 3.05. The maximum absolute atomic E-state index is 10.3. The summed E-state index contributed by atoms with van der Waals surface area (Å²) in [6.45, 7) is 9.56. The van der Waals surface area contributed by atoms with Crippen molar-refractivity contribution < 1.29 is 10.2 Å². The highest BCUT2D eigenvalue weighted by molar-refractivity contribution is 4.93. The van der Waals surface area contributed by atoms with Crippen molar-refractivity contribution in [3.8, 4) is 0 Å². The van der Waals surface area contributed by atoms with Gasteiger partial charge in [-0.3, -0.25) is 0 Å². The summed E-state index contributed by atoms with van der Waals surface area (Å²) >= 11 is 0. The Kier molecular flexibility index (Phi) is 37.2. The number of aliphatic hydroxyl groups excluding tert-OH is 2. The minimum atomic E-state index is -0.239. The molecule has 0 aliphatic carbocycles. The fourth-order valence-corrected chi connectivity index (χ4v) is 5.40. The fourth-order valence-electron chi connectivity index (χ4n) is 5.40. The molecule has 0 saturated carbocycles. The van der Waals surface area contributed by atoms with Gasteiger partial charge in [-0.25, -0.2) is 0 Å². The normalized spacial score (nSPS) is 13.9. The summed E-state index contributed by atoms with van der Waals surface area (Å²) in [5, 5.41) is 27.4. The third kappa shape index (κ3) is 37.2. The molecule has 5 heteroatoms. The van der Waals surface area contributed by atoms with Gasteiger partial charge in [0.15, 0.2) is 0 Å². The van der Waals surface area contributed by atoms with Crippen molar-refractivity contribution in [2.24, 2.45) is 0 Å². The van der Waals surface area contributed by atoms with Gasteiger partial charge in [0.2, 0.25) is 0 Å². The number of hydrogen-bond acceptors (Lipinski definition) is 5. The first kappa shape index (κ1) is 44.8. The molecule has 0 aromatic carbocycles. The first-order valence-corrected chi connectivity index (χ1v) is 19.7. The number of rotatable bonds is 36. The van der Waals surface area contributed by atoms with Crippen molar-refractivity contribution >= 4 is 0 Å². The van der Waals surface area contributed by atoms with E-state index in [4.69, 9.17) is 0 Å². The van der Waals surface area contributed by atoms with Gasteiger partial charge in [-0.05, 0) is 71.3 Å². The van der Waals surface area contributed by atoms with Crippen LogP contribution in [0.15, 0.2) is 48.6 Å². The van der Waals surface area contributed by atoms with Crippen molar-refractivity contribution in [2.45, 2.75) is 167 Å². The zero-order valence-electron chi connectivity index (χ0n) is 30.9. The van der Waals surface area contributed by atoms with E-state index in [0.717, 1.165) is 64.7 Å². The number of unbranched alkanes of at least 4 members (excludes halogenated alkanes) is 14. The molecule has 46 heavy (non-hydrogen) atoms. The molecule has 270 valence electrons. The summed E-state index contributed by atoms with van der Waals surface area (Å²) in [5.74, 6) is 0. The molecule has 0 saturated heterocycles. The molecule has 0 aromatic rings. The van der Waals surface area contributed by atoms with E-state index >= 15 is 0 Å². The summed E-state index contributed by atoms with van der Waals surface area (Å²) in [6.07, 6.45) is 44.3. The van der Waals surface area contributed by atoms with Crippen molar-refractivity contribution in [2.75, 3.05) is 46.3 Å². The molecular formula is C41H79N3O2. The largest absolute Gasteiger partial charge is 0.392 e. The van der Waals surface area contributed by atoms with Gasteiger partial charge in [0.25, 0.3) is 0 Å². The van der Waals surface area contributed by atoms with Crippen LogP contribution in [0.1, 0.15) is 155 Å². The lowest BCUT2D eigenvalue weighted by molar-refractivity contribution is 0.154. The second kappa shape index (κ2) is 38.2. The molecule has 2 atom stereocenters. The van der Waals surface area contributed by atoms with E-state index in [1.807, 2.05) is 0 Å². The van der Waals surface area contributed by atoms with Gasteiger partial charge in [0.05, 0.1) is 12.2 Å². The van der Waals surface area contributed by atoms with Crippen LogP contribution >= 0.6 is 0 Å². The number of nitrogens with one attached hydrogen (secondary N) is 2. The molecule has 0 aliphatic heterocycles. The smallest absolute Gasteiger partial charge is 0.0664 e. The molecular weight excluding hydrogens is 566 g/mol. The Morgan fingerprint density at radius 1 is 0.478 bits per heavy atom. The molecule has 0 aromatic heterocycles. The van der Waals surface area contributed by atoms with E-state index in [9.17, 15) is 10.2 Å². The summed E-state index contributed by atoms with van der Waals surface area (Å²) in [7, 11) is 2.14. The van der Waals surface area contributed by atoms with Crippen LogP contribution in [0.25, 0.3) is 0 Å². The predicted octanol–water partition coefficient (Wildman–Crippen LogP) is 9.67. The lowest BCUT2D eigenvalue weighted by Gasteiger charge is -2.19. The Morgan fingerprint density at radius 2 is 0.826 bits per heavy atom. The van der Waals surface area contributed by atoms with Crippen LogP contribution in [-0.2, 0) is 0 Å². The molecule has 0 radical (unpaired) electrons. The van der Waals surface area contributed by atoms with Gasteiger partial charge in [0.1, 0.15) is 0 Å². The van der Waals surface area contributed by atoms with Crippen LogP contribution in [0, 0.1) is 0 Å². The molecule has 0 rings (SSSR count). The molecule has 4 N–H and O–H groups in total. The van der Waals surface area contributed by atoms with Crippen molar-refractivity contribution in [1.29, 1.82) is 0 Å². The first-order valence-electron chi connectivity index (χ1n) is 19.7. The van der Waals surface area contributed by atoms with Crippen LogP contribution in [0.5, 0.6) is 0 Å². The van der Waals surface area contributed by atoms with Crippen molar-refractivity contribution in [1.82, 2.24) is 15.5 Å². The molecule has 2 unspecified atom stereocenters. The Morgan fingerprint density at radius 3 is 1.22 bits per heavy atom. The number of aliphatic hydroxyl groups is 2. The molecule has 0 bridgehead atoms. The van der Waals surface area contributed by atoms with E-state index in [2.05, 4.69) is 85.0 Å². The topological polar surface area (TPSA) is 67.8 Å². The molecule has 0 aliphatic rings. The van der Waals surface area contributed by atoms with Crippen LogP contribution in [-0.4, -0.2) is 73.6 Å². The van der Waals surface area contributed by atoms with Gasteiger partial charge < -0.3 is 25.7 Å². The lowest BCUT2D eigenvalue weighted by atomic mass is 10.1. The molecule has 5 nitrogen and oxygen atoms in total. The Balaban J connectivity index is 3.44. The SMILES string of the molecule is CCCC/C=C\C/C=C\CCCCCCCC(O)CNCCN(C)CCNCC(O)CCCCCCC/C=C\C/C=C\CCCC. The number of nitrogens with zero attached hydrogens (tertiary/aromatic N) is 1. The fraction of sp³-hybridized carbons (Fsp3) is 0.805. The Labute approximate surface area is 287 Å². The zero-order valence-corrected chi connectivity index (χ0v) is 30.9. The molecule has 0 amide bonds. The van der Waals surface area contributed by atoms with Crippen molar-refractivity contribution in [3.63, 3.8) is 0 Å². The maximum atomic E-state index is 10.3. The first-order chi connectivity index (χ1) is 22.6. The minimum absolute atomic E-state index is 0.239. The highest BCUT2D eigenvalue weighted by Crippen LogP contribution is 2.11. The highest BCUT2D eigenvalue weighted by Gasteiger charge is 2.06. The lowest BCUT2D eigenvalue weighted by Crippen LogP contribution is -2.38. The molecule has 0 fully saturated rings. The maximum Gasteiger partial charge on any atom is 0.0664 e. The quantitative estimate of drug-likeness (QED) is 0.0404.